The van der Waals surface area contributed by atoms with E-state index in [4.69, 9.17) is 13.3 Å². The van der Waals surface area contributed by atoms with E-state index < -0.39 is 25.0 Å². The van der Waals surface area contributed by atoms with Crippen LogP contribution < -0.4 is 0 Å². The van der Waals surface area contributed by atoms with Crippen LogP contribution in [0.1, 0.15) is 91.9 Å². The maximum absolute atomic E-state index is 7.19. The van der Waals surface area contributed by atoms with E-state index in [0.29, 0.717) is 34.9 Å². The molecular formula is C36H70O3Si3. The van der Waals surface area contributed by atoms with Crippen molar-refractivity contribution in [1.29, 1.82) is 0 Å². The van der Waals surface area contributed by atoms with E-state index in [1.807, 2.05) is 0 Å². The highest BCUT2D eigenvalue weighted by molar-refractivity contribution is 6.70. The second-order valence-corrected chi connectivity index (χ2v) is 32.3. The molecule has 0 N–H and O–H groups in total. The lowest BCUT2D eigenvalue weighted by Crippen LogP contribution is -2.57. The fourth-order valence-corrected chi connectivity index (χ4v) is 13.2. The zero-order valence-electron chi connectivity index (χ0n) is 30.2. The summed E-state index contributed by atoms with van der Waals surface area (Å²) >= 11 is 0. The van der Waals surface area contributed by atoms with Gasteiger partial charge in [0.15, 0.2) is 25.0 Å². The normalized spacial score (nSPS) is 38.7. The van der Waals surface area contributed by atoms with Gasteiger partial charge < -0.3 is 13.3 Å². The fraction of sp³-hybridized carbons (Fsp3) is 0.944. The Kier molecular flexibility index (Phi) is 10.7. The molecule has 4 rings (SSSR count). The van der Waals surface area contributed by atoms with Crippen LogP contribution >= 0.6 is 0 Å². The van der Waals surface area contributed by atoms with Crippen LogP contribution in [0.2, 0.25) is 58.9 Å². The topological polar surface area (TPSA) is 27.7 Å². The molecule has 0 saturated heterocycles. The third-order valence-electron chi connectivity index (χ3n) is 12.0. The number of hydrogen-bond acceptors (Lipinski definition) is 3. The molecular weight excluding hydrogens is 565 g/mol. The predicted octanol–water partition coefficient (Wildman–Crippen LogP) is 10.9. The Morgan fingerprint density at radius 1 is 0.786 bits per heavy atom. The van der Waals surface area contributed by atoms with Gasteiger partial charge in [0, 0.05) is 12.7 Å². The third kappa shape index (κ3) is 8.15. The molecule has 0 aromatic carbocycles. The Morgan fingerprint density at radius 3 is 2.07 bits per heavy atom. The second kappa shape index (κ2) is 12.8. The lowest BCUT2D eigenvalue weighted by atomic mass is 9.46. The van der Waals surface area contributed by atoms with Crippen LogP contribution in [0.15, 0.2) is 11.6 Å². The van der Waals surface area contributed by atoms with E-state index in [1.54, 1.807) is 5.57 Å². The molecule has 0 heterocycles. The molecule has 4 aliphatic carbocycles. The summed E-state index contributed by atoms with van der Waals surface area (Å²) < 4.78 is 20.1. The molecule has 10 atom stereocenters. The fourth-order valence-electron chi connectivity index (χ4n) is 10.2. The zero-order chi connectivity index (χ0) is 31.3. The van der Waals surface area contributed by atoms with Crippen LogP contribution in [0.5, 0.6) is 0 Å². The third-order valence-corrected chi connectivity index (χ3v) is 15.0. The standard InChI is InChI=1S/C36H70O3Si3/c1-26(25-37-40(5,6)7)15-14-16-27(2)30-17-18-31-34-32(20-22-36(30,31)4)35(3)21-19-29(38-41(8,9)10)23-28(35)24-33(34)39-42(11,12)13/h24,26-27,29-34H,14-23,25H2,1-13H3/t26?,27?,29-,30?,31?,32?,33?,34?,35?,36?/m0/s1. The summed E-state index contributed by atoms with van der Waals surface area (Å²) in [5.41, 5.74) is 2.50. The summed E-state index contributed by atoms with van der Waals surface area (Å²) in [5.74, 6) is 4.63. The van der Waals surface area contributed by atoms with Crippen molar-refractivity contribution in [3.8, 4) is 0 Å². The van der Waals surface area contributed by atoms with E-state index in [-0.39, 0.29) is 0 Å². The maximum Gasteiger partial charge on any atom is 0.184 e. The zero-order valence-corrected chi connectivity index (χ0v) is 33.2. The van der Waals surface area contributed by atoms with Crippen molar-refractivity contribution in [2.45, 2.75) is 163 Å². The van der Waals surface area contributed by atoms with Gasteiger partial charge in [-0.2, -0.15) is 0 Å². The lowest BCUT2D eigenvalue weighted by Gasteiger charge is -2.61. The van der Waals surface area contributed by atoms with Crippen molar-refractivity contribution < 1.29 is 13.3 Å². The van der Waals surface area contributed by atoms with Gasteiger partial charge in [-0.25, -0.2) is 0 Å². The summed E-state index contributed by atoms with van der Waals surface area (Å²) in [6, 6.07) is 0. The Bertz CT molecular complexity index is 946. The van der Waals surface area contributed by atoms with Crippen molar-refractivity contribution >= 4 is 25.0 Å². The van der Waals surface area contributed by atoms with Gasteiger partial charge in [-0.1, -0.05) is 52.2 Å². The second-order valence-electron chi connectivity index (χ2n) is 18.9. The largest absolute Gasteiger partial charge is 0.417 e. The molecule has 0 spiro atoms. The van der Waals surface area contributed by atoms with Gasteiger partial charge in [-0.15, -0.1) is 0 Å². The molecule has 0 aromatic rings. The monoisotopic (exact) mass is 634 g/mol. The number of hydrogen-bond donors (Lipinski definition) is 0. The predicted molar refractivity (Wildman–Crippen MR) is 188 cm³/mol. The summed E-state index contributed by atoms with van der Waals surface area (Å²) in [5, 5.41) is 0. The molecule has 3 nitrogen and oxygen atoms in total. The molecule has 0 bridgehead atoms. The minimum atomic E-state index is -1.69. The molecule has 0 amide bonds. The average molecular weight is 635 g/mol. The van der Waals surface area contributed by atoms with Gasteiger partial charge in [0.05, 0.1) is 6.10 Å². The van der Waals surface area contributed by atoms with Crippen LogP contribution in [0, 0.1) is 46.3 Å². The number of fused-ring (bicyclic) bond motifs is 5. The highest BCUT2D eigenvalue weighted by Crippen LogP contribution is 2.68. The maximum atomic E-state index is 7.19. The minimum absolute atomic E-state index is 0.307. The van der Waals surface area contributed by atoms with Gasteiger partial charge in [0.2, 0.25) is 0 Å². The van der Waals surface area contributed by atoms with Gasteiger partial charge in [0.25, 0.3) is 0 Å². The molecule has 0 aliphatic heterocycles. The highest BCUT2D eigenvalue weighted by Gasteiger charge is 2.61. The first-order chi connectivity index (χ1) is 19.2. The van der Waals surface area contributed by atoms with Crippen LogP contribution in [0.4, 0.5) is 0 Å². The first-order valence-corrected chi connectivity index (χ1v) is 28.1. The lowest BCUT2D eigenvalue weighted by molar-refractivity contribution is -0.0923. The Balaban J connectivity index is 1.50. The quantitative estimate of drug-likeness (QED) is 0.158. The average Bonchev–Trinajstić information content (AvgIpc) is 3.18. The summed E-state index contributed by atoms with van der Waals surface area (Å²) in [4.78, 5) is 0. The van der Waals surface area contributed by atoms with Gasteiger partial charge in [0.1, 0.15) is 0 Å². The molecule has 0 aromatic heterocycles. The van der Waals surface area contributed by atoms with E-state index in [1.165, 1.54) is 57.8 Å². The Hall–Kier alpha value is 0.271. The van der Waals surface area contributed by atoms with E-state index in [9.17, 15) is 0 Å². The number of rotatable bonds is 12. The van der Waals surface area contributed by atoms with Crippen molar-refractivity contribution in [3.63, 3.8) is 0 Å². The van der Waals surface area contributed by atoms with Crippen LogP contribution in [0.25, 0.3) is 0 Å². The molecule has 3 saturated carbocycles. The van der Waals surface area contributed by atoms with Gasteiger partial charge >= 0.3 is 0 Å². The van der Waals surface area contributed by atoms with Crippen LogP contribution in [0.3, 0.4) is 0 Å². The first-order valence-electron chi connectivity index (χ1n) is 17.9. The van der Waals surface area contributed by atoms with Crippen LogP contribution in [-0.2, 0) is 13.3 Å². The molecule has 4 aliphatic rings. The smallest absolute Gasteiger partial charge is 0.184 e. The van der Waals surface area contributed by atoms with Crippen molar-refractivity contribution in [2.24, 2.45) is 46.3 Å². The van der Waals surface area contributed by atoms with Crippen LogP contribution in [-0.4, -0.2) is 43.8 Å². The molecule has 0 radical (unpaired) electrons. The molecule has 9 unspecified atom stereocenters. The Morgan fingerprint density at radius 2 is 1.45 bits per heavy atom. The molecule has 244 valence electrons. The summed E-state index contributed by atoms with van der Waals surface area (Å²) in [7, 11) is -4.65. The SMILES string of the molecule is CC(CCCC(C)C1CCC2C3C(O[Si](C)(C)C)C=C4C[C@@H](O[Si](C)(C)C)CCC4(C)C3CCC12C)CO[Si](C)(C)C. The van der Waals surface area contributed by atoms with E-state index in [0.717, 1.165) is 36.7 Å². The summed E-state index contributed by atoms with van der Waals surface area (Å²) in [6.07, 6.45) is 16.8. The highest BCUT2D eigenvalue weighted by atomic mass is 28.4. The van der Waals surface area contributed by atoms with E-state index >= 15 is 0 Å². The Labute approximate surface area is 265 Å². The molecule has 3 fully saturated rings. The van der Waals surface area contributed by atoms with Crippen molar-refractivity contribution in [3.05, 3.63) is 11.6 Å². The minimum Gasteiger partial charge on any atom is -0.417 e. The molecule has 6 heteroatoms. The first kappa shape index (κ1) is 35.1. The van der Waals surface area contributed by atoms with E-state index in [2.05, 4.69) is 92.7 Å². The summed E-state index contributed by atoms with van der Waals surface area (Å²) in [6.45, 7) is 32.5. The molecule has 42 heavy (non-hydrogen) atoms. The van der Waals surface area contributed by atoms with Gasteiger partial charge in [-0.3, -0.25) is 0 Å². The van der Waals surface area contributed by atoms with Gasteiger partial charge in [-0.05, 0) is 157 Å². The van der Waals surface area contributed by atoms with Crippen molar-refractivity contribution in [1.82, 2.24) is 0 Å². The van der Waals surface area contributed by atoms with Crippen molar-refractivity contribution in [2.75, 3.05) is 6.61 Å².